The molecular weight excluding hydrogens is 326 g/mol. The van der Waals surface area contributed by atoms with Gasteiger partial charge in [-0.3, -0.25) is 4.90 Å². The standard InChI is InChI=1S/C13H20ClN5O2S/c1-17-9-11(18-5-7-21-8-6-18)19(13(17)20)12-16-15-10(22-12)3-2-4-14/h11H,2-9H2,1H3. The molecule has 1 atom stereocenters. The number of rotatable bonds is 5. The number of anilines is 1. The molecule has 1 unspecified atom stereocenters. The fraction of sp³-hybridized carbons (Fsp3) is 0.769. The molecule has 2 saturated heterocycles. The van der Waals surface area contributed by atoms with Gasteiger partial charge in [0.2, 0.25) is 5.13 Å². The summed E-state index contributed by atoms with van der Waals surface area (Å²) in [5.74, 6) is 0.608. The second-order valence-corrected chi connectivity index (χ2v) is 6.85. The molecule has 1 aromatic rings. The van der Waals surface area contributed by atoms with Crippen molar-refractivity contribution in [3.05, 3.63) is 5.01 Å². The van der Waals surface area contributed by atoms with Crippen molar-refractivity contribution in [3.8, 4) is 0 Å². The molecule has 0 saturated carbocycles. The highest BCUT2D eigenvalue weighted by molar-refractivity contribution is 7.15. The zero-order valence-corrected chi connectivity index (χ0v) is 14.1. The van der Waals surface area contributed by atoms with Gasteiger partial charge in [-0.05, 0) is 6.42 Å². The molecule has 1 aromatic heterocycles. The van der Waals surface area contributed by atoms with Gasteiger partial charge < -0.3 is 9.64 Å². The molecule has 0 spiro atoms. The fourth-order valence-corrected chi connectivity index (χ4v) is 3.79. The van der Waals surface area contributed by atoms with Crippen molar-refractivity contribution in [1.29, 1.82) is 0 Å². The number of ether oxygens (including phenoxy) is 1. The van der Waals surface area contributed by atoms with E-state index in [1.807, 2.05) is 7.05 Å². The minimum Gasteiger partial charge on any atom is -0.379 e. The number of aryl methyl sites for hydroxylation is 1. The van der Waals surface area contributed by atoms with Gasteiger partial charge in [0.15, 0.2) is 0 Å². The first-order chi connectivity index (χ1) is 10.7. The van der Waals surface area contributed by atoms with Crippen molar-refractivity contribution in [1.82, 2.24) is 20.0 Å². The minimum atomic E-state index is -0.0171. The maximum absolute atomic E-state index is 12.5. The molecule has 3 heterocycles. The van der Waals surface area contributed by atoms with Crippen LogP contribution in [0.5, 0.6) is 0 Å². The molecule has 0 aromatic carbocycles. The summed E-state index contributed by atoms with van der Waals surface area (Å²) in [7, 11) is 1.82. The van der Waals surface area contributed by atoms with Gasteiger partial charge in [-0.2, -0.15) is 0 Å². The molecular formula is C13H20ClN5O2S. The van der Waals surface area contributed by atoms with E-state index in [9.17, 15) is 4.79 Å². The molecule has 0 N–H and O–H groups in total. The van der Waals surface area contributed by atoms with Crippen LogP contribution in [0.4, 0.5) is 9.93 Å². The van der Waals surface area contributed by atoms with E-state index in [-0.39, 0.29) is 12.2 Å². The number of nitrogens with zero attached hydrogens (tertiary/aromatic N) is 5. The van der Waals surface area contributed by atoms with Gasteiger partial charge in [-0.15, -0.1) is 21.8 Å². The molecule has 3 rings (SSSR count). The summed E-state index contributed by atoms with van der Waals surface area (Å²) in [5.41, 5.74) is 0. The quantitative estimate of drug-likeness (QED) is 0.751. The van der Waals surface area contributed by atoms with E-state index in [4.69, 9.17) is 16.3 Å². The highest BCUT2D eigenvalue weighted by Crippen LogP contribution is 2.29. The number of hydrogen-bond acceptors (Lipinski definition) is 6. The van der Waals surface area contributed by atoms with Crippen molar-refractivity contribution < 1.29 is 9.53 Å². The number of morpholine rings is 1. The number of urea groups is 1. The molecule has 2 fully saturated rings. The lowest BCUT2D eigenvalue weighted by atomic mass is 10.3. The topological polar surface area (TPSA) is 61.8 Å². The van der Waals surface area contributed by atoms with Crippen LogP contribution in [-0.4, -0.2) is 78.0 Å². The van der Waals surface area contributed by atoms with Crippen molar-refractivity contribution >= 4 is 34.1 Å². The van der Waals surface area contributed by atoms with Crippen LogP contribution in [0.25, 0.3) is 0 Å². The van der Waals surface area contributed by atoms with Crippen molar-refractivity contribution in [3.63, 3.8) is 0 Å². The average Bonchev–Trinajstić information content (AvgIpc) is 3.11. The van der Waals surface area contributed by atoms with Crippen molar-refractivity contribution in [2.45, 2.75) is 19.0 Å². The second kappa shape index (κ2) is 7.08. The lowest BCUT2D eigenvalue weighted by molar-refractivity contribution is 0.0194. The molecule has 0 radical (unpaired) electrons. The van der Waals surface area contributed by atoms with Crippen molar-refractivity contribution in [2.75, 3.05) is 50.7 Å². The van der Waals surface area contributed by atoms with Gasteiger partial charge in [0.25, 0.3) is 0 Å². The molecule has 122 valence electrons. The molecule has 0 bridgehead atoms. The van der Waals surface area contributed by atoms with Crippen LogP contribution in [0.2, 0.25) is 0 Å². The predicted octanol–water partition coefficient (Wildman–Crippen LogP) is 1.24. The van der Waals surface area contributed by atoms with Crippen molar-refractivity contribution in [2.24, 2.45) is 0 Å². The molecule has 22 heavy (non-hydrogen) atoms. The third kappa shape index (κ3) is 3.19. The number of hydrogen-bond donors (Lipinski definition) is 0. The molecule has 7 nitrogen and oxygen atoms in total. The summed E-state index contributed by atoms with van der Waals surface area (Å²) in [6.07, 6.45) is 1.69. The van der Waals surface area contributed by atoms with Crippen LogP contribution < -0.4 is 4.90 Å². The Balaban J connectivity index is 1.78. The second-order valence-electron chi connectivity index (χ2n) is 5.43. The molecule has 2 aliphatic rings. The van der Waals surface area contributed by atoms with E-state index >= 15 is 0 Å². The zero-order chi connectivity index (χ0) is 15.5. The number of carbonyl (C=O) groups excluding carboxylic acids is 1. The van der Waals surface area contributed by atoms with E-state index in [2.05, 4.69) is 15.1 Å². The van der Waals surface area contributed by atoms with E-state index in [1.165, 1.54) is 11.3 Å². The Bertz CT molecular complexity index is 522. The van der Waals surface area contributed by atoms with Gasteiger partial charge in [-0.1, -0.05) is 11.3 Å². The minimum absolute atomic E-state index is 0.00947. The lowest BCUT2D eigenvalue weighted by Crippen LogP contribution is -2.51. The fourth-order valence-electron chi connectivity index (χ4n) is 2.74. The van der Waals surface area contributed by atoms with Crippen LogP contribution in [0.3, 0.4) is 0 Å². The molecule has 2 amide bonds. The summed E-state index contributed by atoms with van der Waals surface area (Å²) < 4.78 is 5.41. The first kappa shape index (κ1) is 15.9. The van der Waals surface area contributed by atoms with Crippen LogP contribution >= 0.6 is 22.9 Å². The number of aromatic nitrogens is 2. The summed E-state index contributed by atoms with van der Waals surface area (Å²) in [4.78, 5) is 18.3. The van der Waals surface area contributed by atoms with Crippen LogP contribution in [0.15, 0.2) is 0 Å². The van der Waals surface area contributed by atoms with E-state index < -0.39 is 0 Å². The number of carbonyl (C=O) groups is 1. The van der Waals surface area contributed by atoms with Gasteiger partial charge in [-0.25, -0.2) is 9.69 Å². The lowest BCUT2D eigenvalue weighted by Gasteiger charge is -2.34. The maximum Gasteiger partial charge on any atom is 0.327 e. The summed E-state index contributed by atoms with van der Waals surface area (Å²) in [6.45, 7) is 3.76. The maximum atomic E-state index is 12.5. The Labute approximate surface area is 138 Å². The largest absolute Gasteiger partial charge is 0.379 e. The number of amides is 2. The first-order valence-electron chi connectivity index (χ1n) is 7.45. The third-order valence-electron chi connectivity index (χ3n) is 3.92. The average molecular weight is 346 g/mol. The van der Waals surface area contributed by atoms with Gasteiger partial charge >= 0.3 is 6.03 Å². The first-order valence-corrected chi connectivity index (χ1v) is 8.80. The van der Waals surface area contributed by atoms with Crippen LogP contribution in [0.1, 0.15) is 11.4 Å². The van der Waals surface area contributed by atoms with Crippen LogP contribution in [0, 0.1) is 0 Å². The number of alkyl halides is 1. The Morgan fingerprint density at radius 1 is 1.36 bits per heavy atom. The zero-order valence-electron chi connectivity index (χ0n) is 12.6. The highest BCUT2D eigenvalue weighted by Gasteiger charge is 2.41. The van der Waals surface area contributed by atoms with E-state index in [0.717, 1.165) is 30.9 Å². The monoisotopic (exact) mass is 345 g/mol. The smallest absolute Gasteiger partial charge is 0.327 e. The normalized spacial score (nSPS) is 23.5. The molecule has 2 aliphatic heterocycles. The van der Waals surface area contributed by atoms with E-state index in [1.54, 1.807) is 9.80 Å². The Morgan fingerprint density at radius 2 is 2.14 bits per heavy atom. The van der Waals surface area contributed by atoms with Gasteiger partial charge in [0.05, 0.1) is 19.8 Å². The van der Waals surface area contributed by atoms with Crippen LogP contribution in [-0.2, 0) is 11.2 Å². The summed E-state index contributed by atoms with van der Waals surface area (Å²) in [6, 6.07) is -0.0171. The number of likely N-dealkylation sites (N-methyl/N-ethyl adjacent to an activating group) is 1. The summed E-state index contributed by atoms with van der Waals surface area (Å²) >= 11 is 7.20. The van der Waals surface area contributed by atoms with E-state index in [0.29, 0.717) is 30.8 Å². The SMILES string of the molecule is CN1CC(N2CCOCC2)N(c2nnc(CCCCl)s2)C1=O. The number of halogens is 1. The molecule has 9 heteroatoms. The Hall–Kier alpha value is -0.960. The Kier molecular flexibility index (Phi) is 5.12. The third-order valence-corrected chi connectivity index (χ3v) is 5.17. The molecule has 0 aliphatic carbocycles. The summed E-state index contributed by atoms with van der Waals surface area (Å²) in [5, 5.41) is 10.0. The predicted molar refractivity (Wildman–Crippen MR) is 85.6 cm³/mol. The Morgan fingerprint density at radius 3 is 2.86 bits per heavy atom. The van der Waals surface area contributed by atoms with Gasteiger partial charge in [0, 0.05) is 32.4 Å². The highest BCUT2D eigenvalue weighted by atomic mass is 35.5. The van der Waals surface area contributed by atoms with Gasteiger partial charge in [0.1, 0.15) is 11.2 Å².